The first-order valence-corrected chi connectivity index (χ1v) is 8.47. The van der Waals surface area contributed by atoms with Crippen LogP contribution in [0.25, 0.3) is 11.4 Å². The molecule has 1 aliphatic rings. The summed E-state index contributed by atoms with van der Waals surface area (Å²) in [5, 5.41) is 18.0. The number of carbonyl (C=O) groups excluding carboxylic acids is 1. The highest BCUT2D eigenvalue weighted by molar-refractivity contribution is 5.97. The van der Waals surface area contributed by atoms with Gasteiger partial charge in [-0.05, 0) is 19.1 Å². The predicted octanol–water partition coefficient (Wildman–Crippen LogP) is 2.46. The van der Waals surface area contributed by atoms with E-state index in [9.17, 15) is 4.79 Å². The largest absolute Gasteiger partial charge is 0.473 e. The van der Waals surface area contributed by atoms with Crippen LogP contribution in [0.4, 0.5) is 5.82 Å². The number of nitrogen functional groups attached to an aromatic ring is 1. The van der Waals surface area contributed by atoms with Gasteiger partial charge in [-0.1, -0.05) is 12.1 Å². The molecule has 1 aromatic heterocycles. The number of nitrogens with zero attached hydrogens (tertiary/aromatic N) is 4. The molecule has 0 bridgehead atoms. The minimum atomic E-state index is -0.668. The third-order valence-corrected chi connectivity index (χ3v) is 4.19. The molecule has 0 radical (unpaired) electrons. The molecule has 2 aromatic rings. The molecule has 0 amide bonds. The summed E-state index contributed by atoms with van der Waals surface area (Å²) in [7, 11) is 0. The number of aromatic nitrogens is 2. The Morgan fingerprint density at radius 3 is 2.78 bits per heavy atom. The van der Waals surface area contributed by atoms with Gasteiger partial charge in [0.1, 0.15) is 11.9 Å². The molecule has 0 atom stereocenters. The van der Waals surface area contributed by atoms with E-state index in [0.717, 1.165) is 0 Å². The SMILES string of the molecule is CCOC(=O)c1c(N)nc(-c2cccc(C#N)c2)nc1O[C@H]1C[C@H](C#N)C1. The number of esters is 1. The van der Waals surface area contributed by atoms with E-state index in [2.05, 4.69) is 22.1 Å². The van der Waals surface area contributed by atoms with Gasteiger partial charge in [0.15, 0.2) is 11.4 Å². The Morgan fingerprint density at radius 2 is 2.11 bits per heavy atom. The van der Waals surface area contributed by atoms with Crippen molar-refractivity contribution in [3.63, 3.8) is 0 Å². The molecule has 27 heavy (non-hydrogen) atoms. The van der Waals surface area contributed by atoms with Crippen LogP contribution < -0.4 is 10.5 Å². The van der Waals surface area contributed by atoms with Gasteiger partial charge in [-0.3, -0.25) is 0 Å². The molecule has 0 aliphatic heterocycles. The van der Waals surface area contributed by atoms with Gasteiger partial charge in [0, 0.05) is 18.4 Å². The minimum Gasteiger partial charge on any atom is -0.473 e. The van der Waals surface area contributed by atoms with Crippen LogP contribution in [-0.2, 0) is 4.74 Å². The number of anilines is 1. The van der Waals surface area contributed by atoms with E-state index in [1.165, 1.54) is 0 Å². The van der Waals surface area contributed by atoms with Crippen molar-refractivity contribution in [2.75, 3.05) is 12.3 Å². The highest BCUT2D eigenvalue weighted by Crippen LogP contribution is 2.34. The van der Waals surface area contributed by atoms with Crippen molar-refractivity contribution >= 4 is 11.8 Å². The van der Waals surface area contributed by atoms with Crippen molar-refractivity contribution in [1.29, 1.82) is 10.5 Å². The van der Waals surface area contributed by atoms with Gasteiger partial charge in [-0.25, -0.2) is 9.78 Å². The molecule has 1 aromatic carbocycles. The molecule has 1 saturated carbocycles. The second-order valence-corrected chi connectivity index (χ2v) is 6.06. The number of nitriles is 2. The van der Waals surface area contributed by atoms with E-state index in [0.29, 0.717) is 24.0 Å². The predicted molar refractivity (Wildman–Crippen MR) is 95.3 cm³/mol. The Kier molecular flexibility index (Phi) is 5.18. The fourth-order valence-electron chi connectivity index (χ4n) is 2.72. The zero-order chi connectivity index (χ0) is 19.4. The maximum atomic E-state index is 12.3. The minimum absolute atomic E-state index is 0.0275. The Hall–Kier alpha value is -3.65. The van der Waals surface area contributed by atoms with Crippen molar-refractivity contribution in [2.45, 2.75) is 25.9 Å². The van der Waals surface area contributed by atoms with Gasteiger partial charge in [-0.2, -0.15) is 15.5 Å². The summed E-state index contributed by atoms with van der Waals surface area (Å²) >= 11 is 0. The average Bonchev–Trinajstić information content (AvgIpc) is 2.64. The van der Waals surface area contributed by atoms with Crippen LogP contribution in [-0.4, -0.2) is 28.6 Å². The van der Waals surface area contributed by atoms with E-state index in [-0.39, 0.29) is 41.7 Å². The molecular weight excluding hydrogens is 346 g/mol. The van der Waals surface area contributed by atoms with Crippen LogP contribution in [0, 0.1) is 28.6 Å². The maximum absolute atomic E-state index is 12.3. The van der Waals surface area contributed by atoms with E-state index >= 15 is 0 Å². The third kappa shape index (κ3) is 3.80. The van der Waals surface area contributed by atoms with Crippen molar-refractivity contribution in [2.24, 2.45) is 5.92 Å². The topological polar surface area (TPSA) is 135 Å². The lowest BCUT2D eigenvalue weighted by Gasteiger charge is -2.31. The molecule has 1 fully saturated rings. The zero-order valence-corrected chi connectivity index (χ0v) is 14.7. The standard InChI is InChI=1S/C19H17N5O3/c1-2-26-19(25)15-16(22)23-17(13-5-3-4-11(6-13)9-20)24-18(15)27-14-7-12(8-14)10-21/h3-6,12,14H,2,7-8H2,1H3,(H2,22,23,24)/t12-,14-. The number of hydrogen-bond donors (Lipinski definition) is 1. The van der Waals surface area contributed by atoms with Crippen molar-refractivity contribution < 1.29 is 14.3 Å². The highest BCUT2D eigenvalue weighted by atomic mass is 16.5. The van der Waals surface area contributed by atoms with Crippen LogP contribution in [0.5, 0.6) is 5.88 Å². The van der Waals surface area contributed by atoms with Gasteiger partial charge in [0.2, 0.25) is 5.88 Å². The van der Waals surface area contributed by atoms with Crippen molar-refractivity contribution in [3.05, 3.63) is 35.4 Å². The molecule has 1 heterocycles. The van der Waals surface area contributed by atoms with Gasteiger partial charge in [0.05, 0.1) is 30.2 Å². The van der Waals surface area contributed by atoms with Gasteiger partial charge < -0.3 is 15.2 Å². The lowest BCUT2D eigenvalue weighted by atomic mass is 9.83. The van der Waals surface area contributed by atoms with Crippen LogP contribution in [0.3, 0.4) is 0 Å². The fourth-order valence-corrected chi connectivity index (χ4v) is 2.72. The zero-order valence-electron chi connectivity index (χ0n) is 14.7. The van der Waals surface area contributed by atoms with Crippen LogP contribution >= 0.6 is 0 Å². The Balaban J connectivity index is 2.00. The summed E-state index contributed by atoms with van der Waals surface area (Å²) in [5.41, 5.74) is 6.99. The summed E-state index contributed by atoms with van der Waals surface area (Å²) in [6.45, 7) is 1.85. The number of carbonyl (C=O) groups is 1. The first-order valence-electron chi connectivity index (χ1n) is 8.47. The molecular formula is C19H17N5O3. The number of hydrogen-bond acceptors (Lipinski definition) is 8. The van der Waals surface area contributed by atoms with Crippen LogP contribution in [0.15, 0.2) is 24.3 Å². The average molecular weight is 363 g/mol. The number of benzene rings is 1. The number of ether oxygens (including phenoxy) is 2. The number of rotatable bonds is 5. The van der Waals surface area contributed by atoms with Gasteiger partial charge in [-0.15, -0.1) is 0 Å². The molecule has 136 valence electrons. The first-order chi connectivity index (χ1) is 13.0. The fraction of sp³-hybridized carbons (Fsp3) is 0.316. The Morgan fingerprint density at radius 1 is 1.33 bits per heavy atom. The lowest BCUT2D eigenvalue weighted by Crippen LogP contribution is -2.33. The molecule has 0 saturated heterocycles. The quantitative estimate of drug-likeness (QED) is 0.800. The first kappa shape index (κ1) is 18.2. The summed E-state index contributed by atoms with van der Waals surface area (Å²) in [6.07, 6.45) is 0.888. The van der Waals surface area contributed by atoms with Crippen molar-refractivity contribution in [1.82, 2.24) is 9.97 Å². The van der Waals surface area contributed by atoms with E-state index < -0.39 is 5.97 Å². The van der Waals surface area contributed by atoms with Crippen LogP contribution in [0.1, 0.15) is 35.7 Å². The van der Waals surface area contributed by atoms with Crippen LogP contribution in [0.2, 0.25) is 0 Å². The summed E-state index contributed by atoms with van der Waals surface area (Å²) in [4.78, 5) is 20.8. The highest BCUT2D eigenvalue weighted by Gasteiger charge is 2.33. The summed E-state index contributed by atoms with van der Waals surface area (Å²) < 4.78 is 10.9. The molecule has 8 heteroatoms. The third-order valence-electron chi connectivity index (χ3n) is 4.19. The van der Waals surface area contributed by atoms with E-state index in [4.69, 9.17) is 25.7 Å². The van der Waals surface area contributed by atoms with Crippen molar-refractivity contribution in [3.8, 4) is 29.4 Å². The molecule has 1 aliphatic carbocycles. The maximum Gasteiger partial charge on any atom is 0.347 e. The normalized spacial score (nSPS) is 17.9. The number of nitrogens with two attached hydrogens (primary N) is 1. The second-order valence-electron chi connectivity index (χ2n) is 6.06. The molecule has 0 spiro atoms. The van der Waals surface area contributed by atoms with E-state index in [1.807, 2.05) is 0 Å². The smallest absolute Gasteiger partial charge is 0.347 e. The lowest BCUT2D eigenvalue weighted by molar-refractivity contribution is 0.0499. The molecule has 0 unspecified atom stereocenters. The summed E-state index contributed by atoms with van der Waals surface area (Å²) in [5.74, 6) is -0.527. The molecule has 8 nitrogen and oxygen atoms in total. The Labute approximate surface area is 156 Å². The Bertz CT molecular complexity index is 955. The second kappa shape index (κ2) is 7.71. The van der Waals surface area contributed by atoms with Gasteiger partial charge in [0.25, 0.3) is 0 Å². The molecule has 2 N–H and O–H groups in total. The summed E-state index contributed by atoms with van der Waals surface area (Å²) in [6, 6.07) is 11.0. The molecule has 3 rings (SSSR count). The van der Waals surface area contributed by atoms with Gasteiger partial charge >= 0.3 is 5.97 Å². The monoisotopic (exact) mass is 363 g/mol. The van der Waals surface area contributed by atoms with E-state index in [1.54, 1.807) is 31.2 Å².